The highest BCUT2D eigenvalue weighted by Crippen LogP contribution is 2.52. The standard InChI is InChI=1S/C19H28N3O9PS/c1-11-9-22(12(2)20-16(11)24)17-19(4)15(30-18(25)31-19)14(29-17)10-28-32(26,21(5)6)27-7-8-33-13(3)23/h9,14-15,17H,2,7-8,10H2,1,3-6H3,(H,20,24)/t14-,15+,17-,19?,32?/m1/s1. The Bertz CT molecular complexity index is 926. The van der Waals surface area contributed by atoms with Gasteiger partial charge in [0.2, 0.25) is 0 Å². The molecule has 0 aromatic rings. The average molecular weight is 505 g/mol. The predicted octanol–water partition coefficient (Wildman–Crippen LogP) is 1.79. The van der Waals surface area contributed by atoms with Crippen LogP contribution < -0.4 is 5.32 Å². The normalized spacial score (nSPS) is 31.0. The van der Waals surface area contributed by atoms with Gasteiger partial charge in [-0.1, -0.05) is 18.3 Å². The summed E-state index contributed by atoms with van der Waals surface area (Å²) in [5.41, 5.74) is -0.849. The van der Waals surface area contributed by atoms with Crippen molar-refractivity contribution in [2.24, 2.45) is 0 Å². The van der Waals surface area contributed by atoms with Crippen molar-refractivity contribution in [1.82, 2.24) is 14.9 Å². The molecule has 0 saturated carbocycles. The summed E-state index contributed by atoms with van der Waals surface area (Å²) < 4.78 is 42.5. The van der Waals surface area contributed by atoms with Crippen LogP contribution in [0.3, 0.4) is 0 Å². The lowest BCUT2D eigenvalue weighted by atomic mass is 9.96. The Hall–Kier alpha value is -1.89. The van der Waals surface area contributed by atoms with E-state index in [1.807, 2.05) is 0 Å². The molecule has 3 rings (SSSR count). The summed E-state index contributed by atoms with van der Waals surface area (Å²) in [4.78, 5) is 36.5. The van der Waals surface area contributed by atoms with Gasteiger partial charge in [-0.3, -0.25) is 18.6 Å². The van der Waals surface area contributed by atoms with Gasteiger partial charge in [0.15, 0.2) is 23.0 Å². The summed E-state index contributed by atoms with van der Waals surface area (Å²) in [5.74, 6) is 0.256. The summed E-state index contributed by atoms with van der Waals surface area (Å²) in [5, 5.41) is 2.54. The van der Waals surface area contributed by atoms with Crippen molar-refractivity contribution in [1.29, 1.82) is 0 Å². The van der Waals surface area contributed by atoms with E-state index in [0.717, 1.165) is 11.8 Å². The van der Waals surface area contributed by atoms with E-state index in [1.165, 1.54) is 25.7 Å². The quantitative estimate of drug-likeness (QED) is 0.278. The second kappa shape index (κ2) is 9.77. The zero-order chi connectivity index (χ0) is 24.6. The smallest absolute Gasteiger partial charge is 0.424 e. The average Bonchev–Trinajstić information content (AvgIpc) is 3.16. The molecular weight excluding hydrogens is 477 g/mol. The van der Waals surface area contributed by atoms with E-state index >= 15 is 0 Å². The maximum Gasteiger partial charge on any atom is 0.509 e. The molecule has 3 aliphatic heterocycles. The molecule has 0 aromatic carbocycles. The van der Waals surface area contributed by atoms with Crippen molar-refractivity contribution in [3.8, 4) is 0 Å². The van der Waals surface area contributed by atoms with E-state index in [1.54, 1.807) is 24.9 Å². The van der Waals surface area contributed by atoms with Crippen molar-refractivity contribution in [3.05, 3.63) is 24.2 Å². The van der Waals surface area contributed by atoms with Crippen LogP contribution in [0.2, 0.25) is 0 Å². The third-order valence-corrected chi connectivity index (χ3v) is 8.01. The van der Waals surface area contributed by atoms with Gasteiger partial charge in [0.1, 0.15) is 11.9 Å². The molecule has 14 heteroatoms. The van der Waals surface area contributed by atoms with E-state index in [0.29, 0.717) is 11.3 Å². The van der Waals surface area contributed by atoms with Gasteiger partial charge >= 0.3 is 13.9 Å². The highest BCUT2D eigenvalue weighted by Gasteiger charge is 2.65. The molecule has 2 fully saturated rings. The number of amides is 1. The van der Waals surface area contributed by atoms with E-state index < -0.39 is 37.9 Å². The summed E-state index contributed by atoms with van der Waals surface area (Å²) in [6.45, 7) is 8.32. The molecule has 0 radical (unpaired) electrons. The van der Waals surface area contributed by atoms with Gasteiger partial charge in [-0.25, -0.2) is 14.0 Å². The van der Waals surface area contributed by atoms with Crippen LogP contribution in [0.25, 0.3) is 0 Å². The summed E-state index contributed by atoms with van der Waals surface area (Å²) in [6, 6.07) is 0. The largest absolute Gasteiger partial charge is 0.509 e. The number of carbonyl (C=O) groups excluding carboxylic acids is 3. The molecule has 2 saturated heterocycles. The molecule has 5 atom stereocenters. The number of thioether (sulfide) groups is 1. The van der Waals surface area contributed by atoms with Crippen molar-refractivity contribution in [2.45, 2.75) is 44.8 Å². The minimum absolute atomic E-state index is 0.0322. The number of rotatable bonds is 9. The van der Waals surface area contributed by atoms with Gasteiger partial charge in [-0.05, 0) is 27.9 Å². The fourth-order valence-corrected chi connectivity index (χ4v) is 5.35. The number of hydrogen-bond donors (Lipinski definition) is 1. The van der Waals surface area contributed by atoms with Crippen LogP contribution in [0.1, 0.15) is 20.8 Å². The molecule has 3 heterocycles. The van der Waals surface area contributed by atoms with Crippen LogP contribution in [0.4, 0.5) is 4.79 Å². The second-order valence-corrected chi connectivity index (χ2v) is 11.5. The first-order valence-electron chi connectivity index (χ1n) is 10.1. The lowest BCUT2D eigenvalue weighted by Gasteiger charge is -2.37. The molecule has 1 N–H and O–H groups in total. The third kappa shape index (κ3) is 5.28. The van der Waals surface area contributed by atoms with Gasteiger partial charge in [-0.2, -0.15) is 0 Å². The number of hydrogen-bond acceptors (Lipinski definition) is 11. The molecule has 1 amide bonds. The Kier molecular flexibility index (Phi) is 7.62. The van der Waals surface area contributed by atoms with Gasteiger partial charge in [-0.15, -0.1) is 0 Å². The van der Waals surface area contributed by atoms with Gasteiger partial charge in [0.05, 0.1) is 13.2 Å². The molecule has 0 bridgehead atoms. The lowest BCUT2D eigenvalue weighted by Crippen LogP contribution is -2.53. The Morgan fingerprint density at radius 3 is 2.73 bits per heavy atom. The zero-order valence-electron chi connectivity index (χ0n) is 19.1. The molecule has 33 heavy (non-hydrogen) atoms. The van der Waals surface area contributed by atoms with Crippen LogP contribution in [-0.2, 0) is 37.4 Å². The van der Waals surface area contributed by atoms with Crippen LogP contribution >= 0.6 is 19.5 Å². The summed E-state index contributed by atoms with van der Waals surface area (Å²) >= 11 is 1.05. The van der Waals surface area contributed by atoms with E-state index in [2.05, 4.69) is 11.9 Å². The Morgan fingerprint density at radius 1 is 1.39 bits per heavy atom. The number of ether oxygens (including phenoxy) is 3. The Morgan fingerprint density at radius 2 is 2.09 bits per heavy atom. The third-order valence-electron chi connectivity index (χ3n) is 5.27. The number of nitrogens with one attached hydrogen (secondary N) is 1. The fourth-order valence-electron chi connectivity index (χ4n) is 3.58. The molecule has 184 valence electrons. The van der Waals surface area contributed by atoms with E-state index in [4.69, 9.17) is 23.3 Å². The van der Waals surface area contributed by atoms with Gasteiger partial charge in [0.25, 0.3) is 5.91 Å². The second-order valence-electron chi connectivity index (χ2n) is 8.01. The van der Waals surface area contributed by atoms with Crippen LogP contribution in [0.5, 0.6) is 0 Å². The molecule has 3 aliphatic rings. The minimum Gasteiger partial charge on any atom is -0.424 e. The number of nitrogens with zero attached hydrogens (tertiary/aromatic N) is 2. The highest BCUT2D eigenvalue weighted by molar-refractivity contribution is 8.13. The van der Waals surface area contributed by atoms with Crippen LogP contribution in [0.15, 0.2) is 24.2 Å². The molecule has 2 unspecified atom stereocenters. The molecule has 0 aliphatic carbocycles. The number of fused-ring (bicyclic) bond motifs is 1. The Labute approximate surface area is 196 Å². The van der Waals surface area contributed by atoms with Crippen molar-refractivity contribution >= 4 is 36.7 Å². The van der Waals surface area contributed by atoms with E-state index in [9.17, 15) is 18.9 Å². The molecule has 12 nitrogen and oxygen atoms in total. The molecule has 0 aromatic heterocycles. The Balaban J connectivity index is 1.75. The predicted molar refractivity (Wildman–Crippen MR) is 118 cm³/mol. The first-order valence-corrected chi connectivity index (χ1v) is 12.6. The minimum atomic E-state index is -3.71. The van der Waals surface area contributed by atoms with Crippen molar-refractivity contribution < 1.29 is 42.2 Å². The maximum absolute atomic E-state index is 13.2. The maximum atomic E-state index is 13.2. The first-order chi connectivity index (χ1) is 15.4. The van der Waals surface area contributed by atoms with Crippen molar-refractivity contribution in [2.75, 3.05) is 33.1 Å². The van der Waals surface area contributed by atoms with Crippen LogP contribution in [-0.4, -0.2) is 83.8 Å². The van der Waals surface area contributed by atoms with Crippen LogP contribution in [0, 0.1) is 0 Å². The van der Waals surface area contributed by atoms with E-state index in [-0.39, 0.29) is 30.1 Å². The molecular formula is C19H28N3O9PS. The van der Waals surface area contributed by atoms with Gasteiger partial charge in [0, 0.05) is 24.4 Å². The highest BCUT2D eigenvalue weighted by atomic mass is 32.2. The fraction of sp³-hybridized carbons (Fsp3) is 0.632. The first kappa shape index (κ1) is 25.7. The number of carbonyl (C=O) groups is 3. The molecule has 0 spiro atoms. The van der Waals surface area contributed by atoms with Crippen molar-refractivity contribution in [3.63, 3.8) is 0 Å². The zero-order valence-corrected chi connectivity index (χ0v) is 20.8. The summed E-state index contributed by atoms with van der Waals surface area (Å²) in [7, 11) is -0.641. The lowest BCUT2D eigenvalue weighted by molar-refractivity contribution is -0.123. The summed E-state index contributed by atoms with van der Waals surface area (Å²) in [6.07, 6.45) is -1.95. The SMILES string of the molecule is C=C1NC(=O)C(C)=CN1[C@@H]1O[C@H](COP(=O)(OCCSC(C)=O)N(C)C)[C@@H]2OC(=O)OC21C. The monoisotopic (exact) mass is 505 g/mol. The topological polar surface area (TPSA) is 133 Å². The van der Waals surface area contributed by atoms with Gasteiger partial charge < -0.3 is 24.4 Å².